The van der Waals surface area contributed by atoms with E-state index in [0.717, 1.165) is 0 Å². The molecule has 1 atom stereocenters. The molecule has 3 N–H and O–H groups in total. The molecule has 0 bridgehead atoms. The van der Waals surface area contributed by atoms with Crippen LogP contribution in [0.1, 0.15) is 18.4 Å². The van der Waals surface area contributed by atoms with Crippen molar-refractivity contribution in [3.05, 3.63) is 35.9 Å². The lowest BCUT2D eigenvalue weighted by molar-refractivity contribution is -0.264. The van der Waals surface area contributed by atoms with E-state index in [0.29, 0.717) is 25.9 Å². The number of carbonyl (C=O) groups excluding carboxylic acids is 1. The lowest BCUT2D eigenvalue weighted by Crippen LogP contribution is -2.58. The Hall–Kier alpha value is -1.64. The molecule has 5 nitrogen and oxygen atoms in total. The predicted molar refractivity (Wildman–Crippen MR) is 81.2 cm³/mol. The third kappa shape index (κ3) is 3.55. The summed E-state index contributed by atoms with van der Waals surface area (Å²) in [7, 11) is 1.36. The van der Waals surface area contributed by atoms with Crippen LogP contribution in [0, 0.1) is 0 Å². The Balaban J connectivity index is 2.18. The van der Waals surface area contributed by atoms with Crippen molar-refractivity contribution < 1.29 is 27.8 Å². The number of hydrogen-bond acceptors (Lipinski definition) is 4. The molecule has 24 heavy (non-hydrogen) atoms. The smallest absolute Gasteiger partial charge is 0.375 e. The average Bonchev–Trinajstić information content (AvgIpc) is 2.59. The number of piperidine rings is 1. The number of carbonyl (C=O) groups is 1. The highest BCUT2D eigenvalue weighted by atomic mass is 19.4. The summed E-state index contributed by atoms with van der Waals surface area (Å²) >= 11 is 0. The lowest BCUT2D eigenvalue weighted by Gasteiger charge is -2.37. The normalized spacial score (nSPS) is 20.2. The summed E-state index contributed by atoms with van der Waals surface area (Å²) < 4.78 is 45.5. The summed E-state index contributed by atoms with van der Waals surface area (Å²) in [6.07, 6.45) is -4.23. The van der Waals surface area contributed by atoms with E-state index in [2.05, 4.69) is 10.6 Å². The van der Waals surface area contributed by atoms with Crippen LogP contribution in [-0.4, -0.2) is 49.5 Å². The van der Waals surface area contributed by atoms with Crippen LogP contribution in [0.2, 0.25) is 0 Å². The third-order valence-electron chi connectivity index (χ3n) is 4.44. The van der Waals surface area contributed by atoms with Crippen molar-refractivity contribution in [3.63, 3.8) is 0 Å². The van der Waals surface area contributed by atoms with Crippen molar-refractivity contribution in [2.75, 3.05) is 26.7 Å². The quantitative estimate of drug-likeness (QED) is 0.752. The van der Waals surface area contributed by atoms with Gasteiger partial charge >= 0.3 is 6.18 Å². The van der Waals surface area contributed by atoms with E-state index in [9.17, 15) is 23.1 Å². The van der Waals surface area contributed by atoms with Crippen molar-refractivity contribution >= 4 is 5.91 Å². The van der Waals surface area contributed by atoms with Gasteiger partial charge in [-0.2, -0.15) is 13.2 Å². The second-order valence-corrected chi connectivity index (χ2v) is 5.86. The van der Waals surface area contributed by atoms with Gasteiger partial charge in [-0.05, 0) is 31.5 Å². The molecule has 0 aliphatic carbocycles. The standard InChI is InChI=1S/C16H21F3N2O3/c1-24-14(7-9-20-10-8-14)13(22)21-11-15(23,16(17,18)19)12-5-3-2-4-6-12/h2-6,20,23H,7-11H2,1H3,(H,21,22). The molecule has 1 aliphatic heterocycles. The lowest BCUT2D eigenvalue weighted by atomic mass is 9.89. The monoisotopic (exact) mass is 346 g/mol. The van der Waals surface area contributed by atoms with Crippen molar-refractivity contribution in [1.82, 2.24) is 10.6 Å². The summed E-state index contributed by atoms with van der Waals surface area (Å²) in [4.78, 5) is 12.4. The Morgan fingerprint density at radius 1 is 1.29 bits per heavy atom. The summed E-state index contributed by atoms with van der Waals surface area (Å²) in [5.41, 5.74) is -4.66. The zero-order valence-electron chi connectivity index (χ0n) is 13.3. The van der Waals surface area contributed by atoms with Crippen molar-refractivity contribution in [3.8, 4) is 0 Å². The molecule has 1 heterocycles. The molecule has 1 aromatic rings. The molecule has 0 aromatic heterocycles. The maximum Gasteiger partial charge on any atom is 0.423 e. The maximum atomic E-state index is 13.4. The van der Waals surface area contributed by atoms with Gasteiger partial charge in [0.2, 0.25) is 5.60 Å². The highest BCUT2D eigenvalue weighted by Gasteiger charge is 2.55. The van der Waals surface area contributed by atoms with Crippen LogP contribution >= 0.6 is 0 Å². The minimum Gasteiger partial charge on any atom is -0.375 e. The molecule has 2 rings (SSSR count). The fraction of sp³-hybridized carbons (Fsp3) is 0.562. The molecule has 1 amide bonds. The van der Waals surface area contributed by atoms with Gasteiger partial charge in [0.1, 0.15) is 5.60 Å². The van der Waals surface area contributed by atoms with Crippen LogP contribution in [-0.2, 0) is 15.1 Å². The Morgan fingerprint density at radius 2 is 1.88 bits per heavy atom. The van der Waals surface area contributed by atoms with Crippen molar-refractivity contribution in [1.29, 1.82) is 0 Å². The highest BCUT2D eigenvalue weighted by Crippen LogP contribution is 2.38. The first-order chi connectivity index (χ1) is 11.3. The molecule has 134 valence electrons. The molecule has 1 aliphatic rings. The topological polar surface area (TPSA) is 70.6 Å². The van der Waals surface area contributed by atoms with Gasteiger partial charge in [-0.3, -0.25) is 4.79 Å². The minimum absolute atomic E-state index is 0.324. The predicted octanol–water partition coefficient (Wildman–Crippen LogP) is 1.32. The highest BCUT2D eigenvalue weighted by molar-refractivity contribution is 5.85. The van der Waals surface area contributed by atoms with Crippen molar-refractivity contribution in [2.24, 2.45) is 0 Å². The molecule has 1 unspecified atom stereocenters. The SMILES string of the molecule is COC1(C(=O)NCC(O)(c2ccccc2)C(F)(F)F)CCNCC1. The van der Waals surface area contributed by atoms with E-state index in [-0.39, 0.29) is 5.56 Å². The number of methoxy groups -OCH3 is 1. The van der Waals surface area contributed by atoms with E-state index in [1.807, 2.05) is 0 Å². The van der Waals surface area contributed by atoms with E-state index in [4.69, 9.17) is 4.74 Å². The maximum absolute atomic E-state index is 13.4. The third-order valence-corrected chi connectivity index (χ3v) is 4.44. The minimum atomic E-state index is -4.93. The number of alkyl halides is 3. The molecule has 1 fully saturated rings. The van der Waals surface area contributed by atoms with Gasteiger partial charge in [0.15, 0.2) is 0 Å². The van der Waals surface area contributed by atoms with Gasteiger partial charge < -0.3 is 20.5 Å². The number of ether oxygens (including phenoxy) is 1. The number of aliphatic hydroxyl groups is 1. The van der Waals surface area contributed by atoms with Gasteiger partial charge in [-0.25, -0.2) is 0 Å². The Kier molecular flexibility index (Phi) is 5.52. The van der Waals surface area contributed by atoms with Crippen LogP contribution in [0.5, 0.6) is 0 Å². The molecular formula is C16H21F3N2O3. The summed E-state index contributed by atoms with van der Waals surface area (Å²) in [5.74, 6) is -0.648. The fourth-order valence-corrected chi connectivity index (χ4v) is 2.80. The second kappa shape index (κ2) is 7.08. The van der Waals surface area contributed by atoms with Crippen LogP contribution in [0.3, 0.4) is 0 Å². The Bertz CT molecular complexity index is 559. The first kappa shape index (κ1) is 18.7. The summed E-state index contributed by atoms with van der Waals surface area (Å²) in [6.45, 7) is 0.0881. The van der Waals surface area contributed by atoms with Gasteiger partial charge in [-0.1, -0.05) is 30.3 Å². The first-order valence-electron chi connectivity index (χ1n) is 7.64. The number of nitrogens with one attached hydrogen (secondary N) is 2. The summed E-state index contributed by atoms with van der Waals surface area (Å²) in [5, 5.41) is 15.5. The van der Waals surface area contributed by atoms with E-state index < -0.39 is 29.8 Å². The van der Waals surface area contributed by atoms with E-state index in [1.54, 1.807) is 6.07 Å². The van der Waals surface area contributed by atoms with Gasteiger partial charge in [0, 0.05) is 7.11 Å². The van der Waals surface area contributed by atoms with Crippen LogP contribution < -0.4 is 10.6 Å². The Labute approximate surface area is 138 Å². The van der Waals surface area contributed by atoms with Gasteiger partial charge in [0.05, 0.1) is 6.54 Å². The van der Waals surface area contributed by atoms with Crippen LogP contribution in [0.4, 0.5) is 13.2 Å². The number of halogens is 3. The molecule has 8 heteroatoms. The molecular weight excluding hydrogens is 325 g/mol. The number of amides is 1. The van der Waals surface area contributed by atoms with Crippen molar-refractivity contribution in [2.45, 2.75) is 30.2 Å². The molecule has 0 saturated carbocycles. The molecule has 1 aromatic carbocycles. The van der Waals surface area contributed by atoms with Crippen LogP contribution in [0.25, 0.3) is 0 Å². The van der Waals surface area contributed by atoms with Crippen LogP contribution in [0.15, 0.2) is 30.3 Å². The number of rotatable bonds is 5. The van der Waals surface area contributed by atoms with Gasteiger partial charge in [-0.15, -0.1) is 0 Å². The number of hydrogen-bond donors (Lipinski definition) is 3. The van der Waals surface area contributed by atoms with Gasteiger partial charge in [0.25, 0.3) is 5.91 Å². The number of benzene rings is 1. The fourth-order valence-electron chi connectivity index (χ4n) is 2.80. The van der Waals surface area contributed by atoms with E-state index in [1.165, 1.54) is 31.4 Å². The molecule has 0 radical (unpaired) electrons. The molecule has 1 saturated heterocycles. The zero-order valence-corrected chi connectivity index (χ0v) is 13.3. The van der Waals surface area contributed by atoms with E-state index >= 15 is 0 Å². The Morgan fingerprint density at radius 3 is 2.38 bits per heavy atom. The second-order valence-electron chi connectivity index (χ2n) is 5.86. The zero-order chi connectivity index (χ0) is 17.8. The molecule has 0 spiro atoms. The average molecular weight is 346 g/mol. The largest absolute Gasteiger partial charge is 0.423 e. The first-order valence-corrected chi connectivity index (χ1v) is 7.64. The summed E-state index contributed by atoms with van der Waals surface area (Å²) in [6, 6.07) is 6.70.